The summed E-state index contributed by atoms with van der Waals surface area (Å²) in [4.78, 5) is 0. The molecule has 0 aromatic heterocycles. The van der Waals surface area contributed by atoms with E-state index in [9.17, 15) is 4.39 Å². The summed E-state index contributed by atoms with van der Waals surface area (Å²) in [5, 5.41) is 3.52. The van der Waals surface area contributed by atoms with Gasteiger partial charge in [-0.3, -0.25) is 0 Å². The smallest absolute Gasteiger partial charge is 0.123 e. The van der Waals surface area contributed by atoms with Gasteiger partial charge >= 0.3 is 0 Å². The Hall–Kier alpha value is -1.67. The van der Waals surface area contributed by atoms with Gasteiger partial charge in [0.05, 0.1) is 0 Å². The first-order valence-electron chi connectivity index (χ1n) is 6.43. The molecule has 0 spiro atoms. The first kappa shape index (κ1) is 11.4. The standard InChI is InChI=1S/C16H16FN/c17-13-9-7-12(8-10-13)14-4-1-2-5-15(14)16-6-3-11-18-16/h1-2,4-5,7-10,16,18H,3,6,11H2/t16-/m0/s1. The van der Waals surface area contributed by atoms with Crippen molar-refractivity contribution in [3.63, 3.8) is 0 Å². The summed E-state index contributed by atoms with van der Waals surface area (Å²) >= 11 is 0. The van der Waals surface area contributed by atoms with Crippen LogP contribution in [0.1, 0.15) is 24.4 Å². The fourth-order valence-electron chi connectivity index (χ4n) is 2.64. The highest BCUT2D eigenvalue weighted by molar-refractivity contribution is 5.68. The van der Waals surface area contributed by atoms with Crippen LogP contribution in [0.15, 0.2) is 48.5 Å². The van der Waals surface area contributed by atoms with E-state index < -0.39 is 0 Å². The summed E-state index contributed by atoms with van der Waals surface area (Å²) in [6.07, 6.45) is 2.40. The molecule has 0 amide bonds. The van der Waals surface area contributed by atoms with Gasteiger partial charge in [-0.2, -0.15) is 0 Å². The van der Waals surface area contributed by atoms with Gasteiger partial charge in [0, 0.05) is 6.04 Å². The van der Waals surface area contributed by atoms with Crippen molar-refractivity contribution in [3.05, 3.63) is 59.9 Å². The molecular formula is C16H16FN. The summed E-state index contributed by atoms with van der Waals surface area (Å²) in [7, 11) is 0. The Balaban J connectivity index is 2.03. The summed E-state index contributed by atoms with van der Waals surface area (Å²) in [6.45, 7) is 1.09. The van der Waals surface area contributed by atoms with Gasteiger partial charge in [-0.25, -0.2) is 4.39 Å². The van der Waals surface area contributed by atoms with Crippen LogP contribution in [0.5, 0.6) is 0 Å². The van der Waals surface area contributed by atoms with E-state index >= 15 is 0 Å². The zero-order valence-corrected chi connectivity index (χ0v) is 10.2. The maximum atomic E-state index is 13.0. The second-order valence-electron chi connectivity index (χ2n) is 4.74. The normalized spacial score (nSPS) is 19.1. The van der Waals surface area contributed by atoms with Crippen LogP contribution < -0.4 is 5.32 Å². The molecule has 1 heterocycles. The van der Waals surface area contributed by atoms with E-state index in [2.05, 4.69) is 23.5 Å². The van der Waals surface area contributed by atoms with E-state index in [-0.39, 0.29) is 5.82 Å². The van der Waals surface area contributed by atoms with Gasteiger partial charge in [-0.05, 0) is 48.2 Å². The molecule has 2 heteroatoms. The molecule has 92 valence electrons. The molecule has 1 N–H and O–H groups in total. The molecule has 1 aliphatic heterocycles. The molecule has 3 rings (SSSR count). The minimum atomic E-state index is -0.185. The average Bonchev–Trinajstić information content (AvgIpc) is 2.93. The summed E-state index contributed by atoms with van der Waals surface area (Å²) in [5.74, 6) is -0.185. The lowest BCUT2D eigenvalue weighted by molar-refractivity contribution is 0.628. The summed E-state index contributed by atoms with van der Waals surface area (Å²) in [6, 6.07) is 15.6. The molecule has 1 aliphatic rings. The molecule has 0 saturated carbocycles. The molecule has 0 radical (unpaired) electrons. The predicted molar refractivity (Wildman–Crippen MR) is 71.8 cm³/mol. The summed E-state index contributed by atoms with van der Waals surface area (Å²) < 4.78 is 13.0. The Labute approximate surface area is 107 Å². The van der Waals surface area contributed by atoms with E-state index in [1.54, 1.807) is 0 Å². The first-order chi connectivity index (χ1) is 8.84. The minimum absolute atomic E-state index is 0.185. The Kier molecular flexibility index (Phi) is 3.11. The van der Waals surface area contributed by atoms with Gasteiger partial charge in [0.25, 0.3) is 0 Å². The molecule has 18 heavy (non-hydrogen) atoms. The summed E-state index contributed by atoms with van der Waals surface area (Å²) in [5.41, 5.74) is 3.61. The maximum absolute atomic E-state index is 13.0. The van der Waals surface area contributed by atoms with Gasteiger partial charge in [0.1, 0.15) is 5.82 Å². The second-order valence-corrected chi connectivity index (χ2v) is 4.74. The third-order valence-electron chi connectivity index (χ3n) is 3.55. The highest BCUT2D eigenvalue weighted by Crippen LogP contribution is 2.32. The van der Waals surface area contributed by atoms with Crippen LogP contribution in [0, 0.1) is 5.82 Å². The first-order valence-corrected chi connectivity index (χ1v) is 6.43. The molecule has 0 bridgehead atoms. The topological polar surface area (TPSA) is 12.0 Å². The lowest BCUT2D eigenvalue weighted by Gasteiger charge is -2.16. The van der Waals surface area contributed by atoms with Gasteiger partial charge in [-0.1, -0.05) is 36.4 Å². The third kappa shape index (κ3) is 2.16. The Morgan fingerprint density at radius 3 is 2.50 bits per heavy atom. The van der Waals surface area contributed by atoms with Crippen LogP contribution in [0.25, 0.3) is 11.1 Å². The van der Waals surface area contributed by atoms with E-state index in [0.29, 0.717) is 6.04 Å². The van der Waals surface area contributed by atoms with Gasteiger partial charge in [-0.15, -0.1) is 0 Å². The molecule has 1 saturated heterocycles. The van der Waals surface area contributed by atoms with E-state index in [1.807, 2.05) is 18.2 Å². The molecule has 1 fully saturated rings. The van der Waals surface area contributed by atoms with Crippen LogP contribution in [0.2, 0.25) is 0 Å². The zero-order chi connectivity index (χ0) is 12.4. The van der Waals surface area contributed by atoms with Crippen LogP contribution in [-0.2, 0) is 0 Å². The van der Waals surface area contributed by atoms with Crippen LogP contribution in [0.3, 0.4) is 0 Å². The van der Waals surface area contributed by atoms with Crippen molar-refractivity contribution in [2.24, 2.45) is 0 Å². The van der Waals surface area contributed by atoms with Gasteiger partial charge < -0.3 is 5.32 Å². The SMILES string of the molecule is Fc1ccc(-c2ccccc2[C@@H]2CCCN2)cc1. The molecule has 0 aliphatic carbocycles. The van der Waals surface area contributed by atoms with Gasteiger partial charge in [0.2, 0.25) is 0 Å². The van der Waals surface area contributed by atoms with Crippen LogP contribution in [0.4, 0.5) is 4.39 Å². The molecule has 1 nitrogen and oxygen atoms in total. The third-order valence-corrected chi connectivity index (χ3v) is 3.55. The molecular weight excluding hydrogens is 225 g/mol. The van der Waals surface area contributed by atoms with Crippen LogP contribution >= 0.6 is 0 Å². The fraction of sp³-hybridized carbons (Fsp3) is 0.250. The Morgan fingerprint density at radius 1 is 1.00 bits per heavy atom. The Morgan fingerprint density at radius 2 is 1.78 bits per heavy atom. The van der Waals surface area contributed by atoms with Crippen molar-refractivity contribution < 1.29 is 4.39 Å². The van der Waals surface area contributed by atoms with E-state index in [4.69, 9.17) is 0 Å². The fourth-order valence-corrected chi connectivity index (χ4v) is 2.64. The van der Waals surface area contributed by atoms with Gasteiger partial charge in [0.15, 0.2) is 0 Å². The number of nitrogens with one attached hydrogen (secondary N) is 1. The quantitative estimate of drug-likeness (QED) is 0.840. The van der Waals surface area contributed by atoms with Crippen molar-refractivity contribution >= 4 is 0 Å². The predicted octanol–water partition coefficient (Wildman–Crippen LogP) is 3.92. The largest absolute Gasteiger partial charge is 0.310 e. The lowest BCUT2D eigenvalue weighted by atomic mass is 9.94. The number of hydrogen-bond acceptors (Lipinski definition) is 1. The number of halogens is 1. The highest BCUT2D eigenvalue weighted by atomic mass is 19.1. The zero-order valence-electron chi connectivity index (χ0n) is 10.2. The molecule has 1 atom stereocenters. The van der Waals surface area contributed by atoms with Crippen molar-refractivity contribution in [1.29, 1.82) is 0 Å². The molecule has 2 aromatic carbocycles. The molecule has 2 aromatic rings. The van der Waals surface area contributed by atoms with E-state index in [1.165, 1.54) is 36.1 Å². The molecule has 0 unspecified atom stereocenters. The maximum Gasteiger partial charge on any atom is 0.123 e. The van der Waals surface area contributed by atoms with Crippen molar-refractivity contribution in [2.45, 2.75) is 18.9 Å². The van der Waals surface area contributed by atoms with Crippen molar-refractivity contribution in [3.8, 4) is 11.1 Å². The van der Waals surface area contributed by atoms with E-state index in [0.717, 1.165) is 12.1 Å². The number of hydrogen-bond donors (Lipinski definition) is 1. The van der Waals surface area contributed by atoms with Crippen molar-refractivity contribution in [2.75, 3.05) is 6.54 Å². The minimum Gasteiger partial charge on any atom is -0.310 e. The Bertz CT molecular complexity index is 527. The van der Waals surface area contributed by atoms with Crippen molar-refractivity contribution in [1.82, 2.24) is 5.32 Å². The number of benzene rings is 2. The monoisotopic (exact) mass is 241 g/mol. The number of rotatable bonds is 2. The van der Waals surface area contributed by atoms with Crippen LogP contribution in [-0.4, -0.2) is 6.54 Å². The lowest BCUT2D eigenvalue weighted by Crippen LogP contribution is -2.13. The second kappa shape index (κ2) is 4.91. The average molecular weight is 241 g/mol. The highest BCUT2D eigenvalue weighted by Gasteiger charge is 2.19.